The Bertz CT molecular complexity index is 729. The lowest BCUT2D eigenvalue weighted by atomic mass is 10.1. The van der Waals surface area contributed by atoms with Gasteiger partial charge in [0.1, 0.15) is 17.7 Å². The van der Waals surface area contributed by atoms with Crippen LogP contribution >= 0.6 is 0 Å². The first-order chi connectivity index (χ1) is 10.3. The third-order valence-electron chi connectivity index (χ3n) is 3.58. The van der Waals surface area contributed by atoms with E-state index in [4.69, 9.17) is 4.42 Å². The maximum absolute atomic E-state index is 5.90. The molecule has 0 aliphatic heterocycles. The van der Waals surface area contributed by atoms with E-state index in [1.54, 1.807) is 11.0 Å². The van der Waals surface area contributed by atoms with Crippen LogP contribution in [-0.2, 0) is 26.4 Å². The minimum Gasteiger partial charge on any atom is -0.461 e. The molecular formula is C16H20N4O. The highest BCUT2D eigenvalue weighted by molar-refractivity contribution is 5.82. The lowest BCUT2D eigenvalue weighted by molar-refractivity contribution is 0.543. The molecule has 0 aliphatic carbocycles. The molecule has 0 bridgehead atoms. The Balaban J connectivity index is 1.64. The molecule has 5 nitrogen and oxygen atoms in total. The standard InChI is InChI=1S/C16H20N4O/c1-3-14-13(12-6-4-5-7-15(12)21-14)10-17-9-8-16-18-11-20(2)19-16/h4-7,11,17H,3,8-10H2,1-2H3. The van der Waals surface area contributed by atoms with Gasteiger partial charge in [0.15, 0.2) is 5.82 Å². The molecule has 2 heterocycles. The molecule has 0 spiro atoms. The Morgan fingerprint density at radius 2 is 2.14 bits per heavy atom. The fraction of sp³-hybridized carbons (Fsp3) is 0.375. The normalized spacial score (nSPS) is 11.3. The van der Waals surface area contributed by atoms with Gasteiger partial charge >= 0.3 is 0 Å². The molecule has 1 N–H and O–H groups in total. The Labute approximate surface area is 124 Å². The maximum atomic E-state index is 5.90. The van der Waals surface area contributed by atoms with Crippen LogP contribution in [0, 0.1) is 0 Å². The number of hydrogen-bond donors (Lipinski definition) is 1. The molecule has 2 aromatic heterocycles. The highest BCUT2D eigenvalue weighted by atomic mass is 16.3. The van der Waals surface area contributed by atoms with Crippen molar-refractivity contribution in [3.05, 3.63) is 47.7 Å². The predicted octanol–water partition coefficient (Wildman–Crippen LogP) is 2.46. The number of rotatable bonds is 6. The fourth-order valence-electron chi connectivity index (χ4n) is 2.54. The minimum absolute atomic E-state index is 0.813. The molecule has 1 aromatic carbocycles. The van der Waals surface area contributed by atoms with Crippen molar-refractivity contribution in [2.75, 3.05) is 6.54 Å². The summed E-state index contributed by atoms with van der Waals surface area (Å²) in [7, 11) is 1.88. The van der Waals surface area contributed by atoms with Crippen LogP contribution < -0.4 is 5.32 Å². The van der Waals surface area contributed by atoms with Crippen molar-refractivity contribution in [2.45, 2.75) is 26.3 Å². The van der Waals surface area contributed by atoms with Gasteiger partial charge in [-0.15, -0.1) is 0 Å². The molecule has 21 heavy (non-hydrogen) atoms. The highest BCUT2D eigenvalue weighted by Gasteiger charge is 2.11. The van der Waals surface area contributed by atoms with E-state index in [0.29, 0.717) is 0 Å². The lowest BCUT2D eigenvalue weighted by Gasteiger charge is -2.04. The van der Waals surface area contributed by atoms with Crippen molar-refractivity contribution in [3.8, 4) is 0 Å². The molecule has 5 heteroatoms. The number of benzene rings is 1. The summed E-state index contributed by atoms with van der Waals surface area (Å²) in [4.78, 5) is 4.23. The number of hydrogen-bond acceptors (Lipinski definition) is 4. The summed E-state index contributed by atoms with van der Waals surface area (Å²) in [6.07, 6.45) is 3.47. The Morgan fingerprint density at radius 1 is 1.29 bits per heavy atom. The van der Waals surface area contributed by atoms with Gasteiger partial charge in [-0.3, -0.25) is 4.68 Å². The second-order valence-electron chi connectivity index (χ2n) is 5.11. The van der Waals surface area contributed by atoms with Gasteiger partial charge in [0, 0.05) is 43.9 Å². The Kier molecular flexibility index (Phi) is 4.01. The van der Waals surface area contributed by atoms with E-state index in [1.165, 1.54) is 10.9 Å². The van der Waals surface area contributed by atoms with Gasteiger partial charge in [0.25, 0.3) is 0 Å². The second-order valence-corrected chi connectivity index (χ2v) is 5.11. The molecule has 0 unspecified atom stereocenters. The van der Waals surface area contributed by atoms with Crippen LogP contribution in [0.15, 0.2) is 35.0 Å². The molecule has 0 aliphatic rings. The third kappa shape index (κ3) is 2.97. The smallest absolute Gasteiger partial charge is 0.151 e. The zero-order valence-corrected chi connectivity index (χ0v) is 12.5. The lowest BCUT2D eigenvalue weighted by Crippen LogP contribution is -2.17. The van der Waals surface area contributed by atoms with E-state index < -0.39 is 0 Å². The zero-order chi connectivity index (χ0) is 14.7. The van der Waals surface area contributed by atoms with Crippen molar-refractivity contribution in [3.63, 3.8) is 0 Å². The van der Waals surface area contributed by atoms with Crippen molar-refractivity contribution < 1.29 is 4.42 Å². The van der Waals surface area contributed by atoms with Crippen molar-refractivity contribution >= 4 is 11.0 Å². The highest BCUT2D eigenvalue weighted by Crippen LogP contribution is 2.26. The topological polar surface area (TPSA) is 55.9 Å². The summed E-state index contributed by atoms with van der Waals surface area (Å²) in [5.74, 6) is 1.94. The number of nitrogens with one attached hydrogen (secondary N) is 1. The quantitative estimate of drug-likeness (QED) is 0.706. The van der Waals surface area contributed by atoms with E-state index in [-0.39, 0.29) is 0 Å². The predicted molar refractivity (Wildman–Crippen MR) is 82.0 cm³/mol. The third-order valence-corrected chi connectivity index (χ3v) is 3.58. The van der Waals surface area contributed by atoms with E-state index in [0.717, 1.165) is 43.1 Å². The molecule has 3 aromatic rings. The summed E-state index contributed by atoms with van der Waals surface area (Å²) in [5.41, 5.74) is 2.24. The fourth-order valence-corrected chi connectivity index (χ4v) is 2.54. The van der Waals surface area contributed by atoms with Crippen LogP contribution in [0.5, 0.6) is 0 Å². The molecule has 0 fully saturated rings. The number of fused-ring (bicyclic) bond motifs is 1. The largest absolute Gasteiger partial charge is 0.461 e. The second kappa shape index (κ2) is 6.10. The van der Waals surface area contributed by atoms with Crippen LogP contribution in [0.2, 0.25) is 0 Å². The molecule has 0 atom stereocenters. The Morgan fingerprint density at radius 3 is 2.90 bits per heavy atom. The van der Waals surface area contributed by atoms with Crippen molar-refractivity contribution in [2.24, 2.45) is 7.05 Å². The minimum atomic E-state index is 0.813. The van der Waals surface area contributed by atoms with E-state index in [1.807, 2.05) is 19.2 Å². The number of para-hydroxylation sites is 1. The number of aryl methyl sites for hydroxylation is 2. The Hall–Kier alpha value is -2.14. The van der Waals surface area contributed by atoms with E-state index in [9.17, 15) is 0 Å². The average Bonchev–Trinajstić information content (AvgIpc) is 3.07. The molecule has 0 radical (unpaired) electrons. The first-order valence-corrected chi connectivity index (χ1v) is 7.32. The van der Waals surface area contributed by atoms with E-state index >= 15 is 0 Å². The van der Waals surface area contributed by atoms with Gasteiger partial charge in [0.05, 0.1) is 0 Å². The van der Waals surface area contributed by atoms with Crippen LogP contribution in [0.25, 0.3) is 11.0 Å². The van der Waals surface area contributed by atoms with Gasteiger partial charge in [-0.05, 0) is 6.07 Å². The molecule has 0 saturated carbocycles. The number of furan rings is 1. The van der Waals surface area contributed by atoms with E-state index in [2.05, 4.69) is 34.5 Å². The van der Waals surface area contributed by atoms with Gasteiger partial charge in [-0.2, -0.15) is 5.10 Å². The van der Waals surface area contributed by atoms with Crippen LogP contribution in [-0.4, -0.2) is 21.3 Å². The van der Waals surface area contributed by atoms with Crippen LogP contribution in [0.4, 0.5) is 0 Å². The first kappa shape index (κ1) is 13.8. The SMILES string of the molecule is CCc1oc2ccccc2c1CNCCc1ncn(C)n1. The first-order valence-electron chi connectivity index (χ1n) is 7.32. The average molecular weight is 284 g/mol. The summed E-state index contributed by atoms with van der Waals surface area (Å²) in [5, 5.41) is 8.95. The van der Waals surface area contributed by atoms with Crippen molar-refractivity contribution in [1.29, 1.82) is 0 Å². The molecule has 0 amide bonds. The number of nitrogens with zero attached hydrogens (tertiary/aromatic N) is 3. The van der Waals surface area contributed by atoms with Crippen molar-refractivity contribution in [1.82, 2.24) is 20.1 Å². The summed E-state index contributed by atoms with van der Waals surface area (Å²) in [6.45, 7) is 3.79. The molecular weight excluding hydrogens is 264 g/mol. The van der Waals surface area contributed by atoms with Gasteiger partial charge in [-0.1, -0.05) is 25.1 Å². The molecule has 0 saturated heterocycles. The number of aromatic nitrogens is 3. The summed E-state index contributed by atoms with van der Waals surface area (Å²) in [6, 6.07) is 8.21. The monoisotopic (exact) mass is 284 g/mol. The molecule has 3 rings (SSSR count). The summed E-state index contributed by atoms with van der Waals surface area (Å²) < 4.78 is 7.63. The van der Waals surface area contributed by atoms with Gasteiger partial charge in [0.2, 0.25) is 0 Å². The van der Waals surface area contributed by atoms with Gasteiger partial charge in [-0.25, -0.2) is 4.98 Å². The van der Waals surface area contributed by atoms with Gasteiger partial charge < -0.3 is 9.73 Å². The van der Waals surface area contributed by atoms with Crippen LogP contribution in [0.3, 0.4) is 0 Å². The molecule has 110 valence electrons. The zero-order valence-electron chi connectivity index (χ0n) is 12.5. The maximum Gasteiger partial charge on any atom is 0.151 e. The summed E-state index contributed by atoms with van der Waals surface area (Å²) >= 11 is 0. The van der Waals surface area contributed by atoms with Crippen LogP contribution in [0.1, 0.15) is 24.1 Å².